The van der Waals surface area contributed by atoms with Gasteiger partial charge in [0.05, 0.1) is 17.2 Å². The maximum atomic E-state index is 8.88. The van der Waals surface area contributed by atoms with E-state index in [1.165, 1.54) is 19.3 Å². The van der Waals surface area contributed by atoms with Gasteiger partial charge in [0.2, 0.25) is 5.95 Å². The third-order valence-electron chi connectivity index (χ3n) is 3.62. The minimum atomic E-state index is 0.614. The molecule has 0 bridgehead atoms. The van der Waals surface area contributed by atoms with Gasteiger partial charge < -0.3 is 4.90 Å². The fourth-order valence-electron chi connectivity index (χ4n) is 2.45. The van der Waals surface area contributed by atoms with Crippen molar-refractivity contribution in [2.75, 3.05) is 18.0 Å². The first-order valence-electron chi connectivity index (χ1n) is 7.44. The van der Waals surface area contributed by atoms with E-state index in [-0.39, 0.29) is 0 Å². The summed E-state index contributed by atoms with van der Waals surface area (Å²) in [7, 11) is 0. The van der Waals surface area contributed by atoms with Crippen LogP contribution in [-0.4, -0.2) is 23.1 Å². The molecule has 0 saturated carbocycles. The number of benzene rings is 1. The molecule has 108 valence electrons. The number of piperidine rings is 1. The van der Waals surface area contributed by atoms with Crippen molar-refractivity contribution in [1.82, 2.24) is 9.97 Å². The molecule has 2 aromatic rings. The lowest BCUT2D eigenvalue weighted by atomic mass is 10.1. The lowest BCUT2D eigenvalue weighted by Gasteiger charge is -2.26. The van der Waals surface area contributed by atoms with Crippen LogP contribution in [-0.2, 0) is 0 Å². The average molecular weight is 288 g/mol. The van der Waals surface area contributed by atoms with Crippen LogP contribution in [0.2, 0.25) is 0 Å². The Bertz CT molecular complexity index is 741. The van der Waals surface area contributed by atoms with Crippen molar-refractivity contribution >= 4 is 5.95 Å². The Morgan fingerprint density at radius 1 is 0.909 bits per heavy atom. The molecule has 0 spiro atoms. The molecule has 4 nitrogen and oxygen atoms in total. The first-order valence-corrected chi connectivity index (χ1v) is 7.44. The van der Waals surface area contributed by atoms with Crippen LogP contribution in [0.15, 0.2) is 36.7 Å². The van der Waals surface area contributed by atoms with E-state index in [0.29, 0.717) is 5.56 Å². The Hall–Kier alpha value is -2.85. The summed E-state index contributed by atoms with van der Waals surface area (Å²) in [5.74, 6) is 6.87. The molecule has 2 heterocycles. The van der Waals surface area contributed by atoms with E-state index in [9.17, 15) is 0 Å². The average Bonchev–Trinajstić information content (AvgIpc) is 2.61. The molecule has 1 aliphatic heterocycles. The van der Waals surface area contributed by atoms with Gasteiger partial charge in [0.1, 0.15) is 0 Å². The molecular weight excluding hydrogens is 272 g/mol. The van der Waals surface area contributed by atoms with Gasteiger partial charge in [0, 0.05) is 31.0 Å². The molecule has 0 atom stereocenters. The van der Waals surface area contributed by atoms with Crippen LogP contribution in [0.4, 0.5) is 5.95 Å². The van der Waals surface area contributed by atoms with Gasteiger partial charge in [-0.05, 0) is 37.5 Å². The third-order valence-corrected chi connectivity index (χ3v) is 3.62. The first-order chi connectivity index (χ1) is 10.8. The molecule has 4 heteroatoms. The second kappa shape index (κ2) is 6.74. The van der Waals surface area contributed by atoms with Crippen LogP contribution in [0.3, 0.4) is 0 Å². The molecule has 1 saturated heterocycles. The van der Waals surface area contributed by atoms with Crippen molar-refractivity contribution in [1.29, 1.82) is 5.26 Å². The summed E-state index contributed by atoms with van der Waals surface area (Å²) >= 11 is 0. The van der Waals surface area contributed by atoms with Crippen molar-refractivity contribution < 1.29 is 0 Å². The Balaban J connectivity index is 1.73. The molecule has 1 fully saturated rings. The molecule has 0 radical (unpaired) electrons. The van der Waals surface area contributed by atoms with Gasteiger partial charge in [-0.2, -0.15) is 5.26 Å². The van der Waals surface area contributed by atoms with Gasteiger partial charge in [-0.1, -0.05) is 17.9 Å². The standard InChI is InChI=1S/C18H16N4/c19-12-16-6-4-5-15(11-16)7-8-17-13-20-18(21-14-17)22-9-2-1-3-10-22/h4-6,11,13-14H,1-3,9-10H2. The van der Waals surface area contributed by atoms with Crippen molar-refractivity contribution in [2.45, 2.75) is 19.3 Å². The number of anilines is 1. The second-order valence-corrected chi connectivity index (χ2v) is 5.26. The Labute approximate surface area is 130 Å². The SMILES string of the molecule is N#Cc1cccc(C#Cc2cnc(N3CCCCC3)nc2)c1. The lowest BCUT2D eigenvalue weighted by Crippen LogP contribution is -2.30. The van der Waals surface area contributed by atoms with E-state index in [1.807, 2.05) is 12.1 Å². The van der Waals surface area contributed by atoms with Crippen molar-refractivity contribution in [3.63, 3.8) is 0 Å². The first kappa shape index (κ1) is 14.1. The van der Waals surface area contributed by atoms with Gasteiger partial charge in [-0.3, -0.25) is 0 Å². The van der Waals surface area contributed by atoms with Crippen LogP contribution in [0, 0.1) is 23.2 Å². The van der Waals surface area contributed by atoms with E-state index < -0.39 is 0 Å². The van der Waals surface area contributed by atoms with E-state index in [1.54, 1.807) is 24.5 Å². The van der Waals surface area contributed by atoms with Crippen LogP contribution < -0.4 is 4.90 Å². The minimum Gasteiger partial charge on any atom is -0.341 e. The molecular formula is C18H16N4. The quantitative estimate of drug-likeness (QED) is 0.757. The second-order valence-electron chi connectivity index (χ2n) is 5.26. The fourth-order valence-corrected chi connectivity index (χ4v) is 2.45. The van der Waals surface area contributed by atoms with Crippen molar-refractivity contribution in [3.8, 4) is 17.9 Å². The summed E-state index contributed by atoms with van der Waals surface area (Å²) in [6.07, 6.45) is 7.23. The maximum absolute atomic E-state index is 8.88. The number of nitriles is 1. The maximum Gasteiger partial charge on any atom is 0.225 e. The zero-order valence-electron chi connectivity index (χ0n) is 12.3. The topological polar surface area (TPSA) is 52.8 Å². The Morgan fingerprint density at radius 2 is 1.59 bits per heavy atom. The highest BCUT2D eigenvalue weighted by Crippen LogP contribution is 2.14. The van der Waals surface area contributed by atoms with Gasteiger partial charge in [0.15, 0.2) is 0 Å². The highest BCUT2D eigenvalue weighted by molar-refractivity contribution is 5.45. The Kier molecular flexibility index (Phi) is 4.32. The number of rotatable bonds is 1. The Morgan fingerprint density at radius 3 is 2.32 bits per heavy atom. The lowest BCUT2D eigenvalue weighted by molar-refractivity contribution is 0.568. The van der Waals surface area contributed by atoms with Crippen LogP contribution in [0.25, 0.3) is 0 Å². The van der Waals surface area contributed by atoms with Crippen molar-refractivity contribution in [2.24, 2.45) is 0 Å². The zero-order valence-corrected chi connectivity index (χ0v) is 12.3. The third kappa shape index (κ3) is 3.42. The smallest absolute Gasteiger partial charge is 0.225 e. The van der Waals surface area contributed by atoms with Crippen LogP contribution in [0.5, 0.6) is 0 Å². The molecule has 1 aromatic carbocycles. The number of aromatic nitrogens is 2. The van der Waals surface area contributed by atoms with Crippen molar-refractivity contribution in [3.05, 3.63) is 53.3 Å². The molecule has 1 aromatic heterocycles. The summed E-state index contributed by atoms with van der Waals surface area (Å²) in [5, 5.41) is 8.88. The van der Waals surface area contributed by atoms with E-state index in [0.717, 1.165) is 30.2 Å². The highest BCUT2D eigenvalue weighted by Gasteiger charge is 2.12. The molecule has 0 N–H and O–H groups in total. The van der Waals surface area contributed by atoms with Gasteiger partial charge >= 0.3 is 0 Å². The molecule has 0 unspecified atom stereocenters. The minimum absolute atomic E-state index is 0.614. The fraction of sp³-hybridized carbons (Fsp3) is 0.278. The monoisotopic (exact) mass is 288 g/mol. The molecule has 22 heavy (non-hydrogen) atoms. The largest absolute Gasteiger partial charge is 0.341 e. The molecule has 1 aliphatic rings. The van der Waals surface area contributed by atoms with Crippen LogP contribution >= 0.6 is 0 Å². The molecule has 0 aliphatic carbocycles. The predicted octanol–water partition coefficient (Wildman–Crippen LogP) is 2.74. The van der Waals surface area contributed by atoms with E-state index >= 15 is 0 Å². The number of nitrogens with zero attached hydrogens (tertiary/aromatic N) is 4. The highest BCUT2D eigenvalue weighted by atomic mass is 15.2. The van der Waals surface area contributed by atoms with Gasteiger partial charge in [-0.15, -0.1) is 0 Å². The summed E-state index contributed by atoms with van der Waals surface area (Å²) in [6, 6.07) is 9.37. The normalized spacial score (nSPS) is 13.9. The summed E-state index contributed by atoms with van der Waals surface area (Å²) < 4.78 is 0. The zero-order chi connectivity index (χ0) is 15.2. The van der Waals surface area contributed by atoms with Gasteiger partial charge in [0.25, 0.3) is 0 Å². The molecule has 0 amide bonds. The van der Waals surface area contributed by atoms with E-state index in [2.05, 4.69) is 32.8 Å². The summed E-state index contributed by atoms with van der Waals surface area (Å²) in [4.78, 5) is 11.0. The summed E-state index contributed by atoms with van der Waals surface area (Å²) in [5.41, 5.74) is 2.21. The van der Waals surface area contributed by atoms with Gasteiger partial charge in [-0.25, -0.2) is 9.97 Å². The van der Waals surface area contributed by atoms with Crippen LogP contribution in [0.1, 0.15) is 36.0 Å². The van der Waals surface area contributed by atoms with E-state index in [4.69, 9.17) is 5.26 Å². The number of hydrogen-bond donors (Lipinski definition) is 0. The number of hydrogen-bond acceptors (Lipinski definition) is 4. The molecule has 3 rings (SSSR count). The predicted molar refractivity (Wildman–Crippen MR) is 85.2 cm³/mol. The summed E-state index contributed by atoms with van der Waals surface area (Å²) in [6.45, 7) is 2.07.